The second-order valence-corrected chi connectivity index (χ2v) is 14.5. The molecule has 1 aromatic carbocycles. The summed E-state index contributed by atoms with van der Waals surface area (Å²) in [5.41, 5.74) is -2.02. The van der Waals surface area contributed by atoms with E-state index in [1.807, 2.05) is 0 Å². The Hall–Kier alpha value is -1.66. The number of carbonyl (C=O) groups is 1. The van der Waals surface area contributed by atoms with E-state index in [1.54, 1.807) is 34.6 Å². The van der Waals surface area contributed by atoms with Crippen LogP contribution in [0.1, 0.15) is 94.2 Å². The summed E-state index contributed by atoms with van der Waals surface area (Å²) >= 11 is 7.33. The van der Waals surface area contributed by atoms with Crippen molar-refractivity contribution in [2.75, 3.05) is 6.54 Å². The summed E-state index contributed by atoms with van der Waals surface area (Å²) in [5.74, 6) is -0.218. The number of alkyl halides is 2. The van der Waals surface area contributed by atoms with Crippen molar-refractivity contribution in [2.24, 2.45) is 5.92 Å². The second kappa shape index (κ2) is 11.8. The number of amides is 1. The lowest BCUT2D eigenvalue weighted by Crippen LogP contribution is -2.40. The maximum atomic E-state index is 14.5. The SMILES string of the molecule is CC(C)(O)CNC(=O)c1nc(CC2CCCCC2)c(-c2ccc(S(=O)(=O)NC(C)(C)C)c(Cl)c2C(F)F)s1. The van der Waals surface area contributed by atoms with Crippen LogP contribution < -0.4 is 10.0 Å². The van der Waals surface area contributed by atoms with E-state index in [9.17, 15) is 27.1 Å². The van der Waals surface area contributed by atoms with Crippen LogP contribution in [0.3, 0.4) is 0 Å². The van der Waals surface area contributed by atoms with Crippen molar-refractivity contribution in [3.05, 3.63) is 33.4 Å². The van der Waals surface area contributed by atoms with E-state index in [0.29, 0.717) is 22.9 Å². The van der Waals surface area contributed by atoms with Crippen molar-refractivity contribution in [3.8, 4) is 10.4 Å². The van der Waals surface area contributed by atoms with Crippen LogP contribution in [-0.2, 0) is 16.4 Å². The number of thiazole rings is 1. The van der Waals surface area contributed by atoms with Crippen LogP contribution in [0.4, 0.5) is 8.78 Å². The molecule has 1 aliphatic rings. The third kappa shape index (κ3) is 7.94. The Labute approximate surface area is 232 Å². The van der Waals surface area contributed by atoms with Gasteiger partial charge in [-0.2, -0.15) is 0 Å². The zero-order valence-electron chi connectivity index (χ0n) is 22.3. The molecule has 12 heteroatoms. The number of halogens is 3. The summed E-state index contributed by atoms with van der Waals surface area (Å²) in [7, 11) is -4.18. The molecule has 1 fully saturated rings. The van der Waals surface area contributed by atoms with Gasteiger partial charge in [-0.25, -0.2) is 26.9 Å². The molecule has 1 heterocycles. The summed E-state index contributed by atoms with van der Waals surface area (Å²) < 4.78 is 57.3. The lowest BCUT2D eigenvalue weighted by molar-refractivity contribution is 0.0694. The fourth-order valence-electron chi connectivity index (χ4n) is 4.48. The third-order valence-electron chi connectivity index (χ3n) is 6.12. The lowest BCUT2D eigenvalue weighted by atomic mass is 9.85. The predicted molar refractivity (Wildman–Crippen MR) is 147 cm³/mol. The lowest BCUT2D eigenvalue weighted by Gasteiger charge is -2.22. The quantitative estimate of drug-likeness (QED) is 0.326. The number of sulfonamides is 1. The van der Waals surface area contributed by atoms with Gasteiger partial charge in [-0.15, -0.1) is 11.3 Å². The zero-order valence-corrected chi connectivity index (χ0v) is 24.7. The number of hydrogen-bond donors (Lipinski definition) is 3. The first-order valence-electron chi connectivity index (χ1n) is 12.6. The summed E-state index contributed by atoms with van der Waals surface area (Å²) in [4.78, 5) is 17.3. The standard InChI is InChI=1S/C26H36ClF2N3O4S2/c1-25(2,3)32-38(35,36)18-12-11-16(19(20(18)27)22(28)29)21-17(13-15-9-7-6-8-10-15)31-24(37-21)23(33)30-14-26(4,5)34/h11-12,15,22,32,34H,6-10,13-14H2,1-5H3,(H,30,33). The molecule has 212 valence electrons. The van der Waals surface area contributed by atoms with E-state index >= 15 is 0 Å². The Morgan fingerprint density at radius 3 is 2.37 bits per heavy atom. The summed E-state index contributed by atoms with van der Waals surface area (Å²) in [5, 5.41) is 12.1. The monoisotopic (exact) mass is 591 g/mol. The number of hydrogen-bond acceptors (Lipinski definition) is 6. The summed E-state index contributed by atoms with van der Waals surface area (Å²) in [6.07, 6.45) is 2.70. The highest BCUT2D eigenvalue weighted by Gasteiger charge is 2.32. The van der Waals surface area contributed by atoms with E-state index in [4.69, 9.17) is 11.6 Å². The molecule has 0 bridgehead atoms. The van der Waals surface area contributed by atoms with Gasteiger partial charge in [0.05, 0.1) is 21.2 Å². The Morgan fingerprint density at radius 2 is 1.82 bits per heavy atom. The Balaban J connectivity index is 2.12. The molecule has 0 atom stereocenters. The number of aliphatic hydroxyl groups is 1. The van der Waals surface area contributed by atoms with Crippen molar-refractivity contribution < 1.29 is 27.1 Å². The van der Waals surface area contributed by atoms with Crippen molar-refractivity contribution in [1.29, 1.82) is 0 Å². The zero-order chi connectivity index (χ0) is 28.5. The molecule has 2 aromatic rings. The Bertz CT molecular complexity index is 1260. The molecule has 0 aliphatic heterocycles. The highest BCUT2D eigenvalue weighted by atomic mass is 35.5. The minimum absolute atomic E-state index is 0.0137. The molecule has 1 amide bonds. The van der Waals surface area contributed by atoms with Crippen molar-refractivity contribution in [3.63, 3.8) is 0 Å². The van der Waals surface area contributed by atoms with Gasteiger partial charge in [-0.1, -0.05) is 49.8 Å². The molecular weight excluding hydrogens is 556 g/mol. The highest BCUT2D eigenvalue weighted by molar-refractivity contribution is 7.89. The van der Waals surface area contributed by atoms with Crippen LogP contribution in [0.5, 0.6) is 0 Å². The van der Waals surface area contributed by atoms with Crippen LogP contribution in [0.25, 0.3) is 10.4 Å². The number of rotatable bonds is 9. The molecule has 0 unspecified atom stereocenters. The smallest absolute Gasteiger partial charge is 0.280 e. The van der Waals surface area contributed by atoms with Gasteiger partial charge in [0.2, 0.25) is 10.0 Å². The highest BCUT2D eigenvalue weighted by Crippen LogP contribution is 2.44. The van der Waals surface area contributed by atoms with E-state index in [-0.39, 0.29) is 17.1 Å². The molecule has 7 nitrogen and oxygen atoms in total. The van der Waals surface area contributed by atoms with Gasteiger partial charge in [0, 0.05) is 23.2 Å². The minimum Gasteiger partial charge on any atom is -0.389 e. The number of nitrogens with one attached hydrogen (secondary N) is 2. The van der Waals surface area contributed by atoms with Crippen molar-refractivity contribution >= 4 is 38.9 Å². The van der Waals surface area contributed by atoms with Gasteiger partial charge in [0.15, 0.2) is 5.01 Å². The fourth-order valence-corrected chi connectivity index (χ4v) is 7.59. The Morgan fingerprint density at radius 1 is 1.18 bits per heavy atom. The maximum absolute atomic E-state index is 14.5. The van der Waals surface area contributed by atoms with Gasteiger partial charge in [0.1, 0.15) is 4.90 Å². The van der Waals surface area contributed by atoms with Crippen LogP contribution >= 0.6 is 22.9 Å². The molecule has 0 saturated heterocycles. The van der Waals surface area contributed by atoms with Crippen molar-refractivity contribution in [1.82, 2.24) is 15.0 Å². The molecule has 3 rings (SSSR count). The van der Waals surface area contributed by atoms with Gasteiger partial charge < -0.3 is 10.4 Å². The molecule has 0 radical (unpaired) electrons. The second-order valence-electron chi connectivity index (χ2n) is 11.5. The first-order valence-corrected chi connectivity index (χ1v) is 15.3. The van der Waals surface area contributed by atoms with Gasteiger partial charge in [-0.3, -0.25) is 4.79 Å². The molecule has 1 saturated carbocycles. The van der Waals surface area contributed by atoms with Gasteiger partial charge in [0.25, 0.3) is 12.3 Å². The number of benzene rings is 1. The van der Waals surface area contributed by atoms with Gasteiger partial charge >= 0.3 is 0 Å². The van der Waals surface area contributed by atoms with Crippen LogP contribution in [0.15, 0.2) is 17.0 Å². The van der Waals surface area contributed by atoms with Crippen LogP contribution in [0.2, 0.25) is 5.02 Å². The largest absolute Gasteiger partial charge is 0.389 e. The first-order chi connectivity index (χ1) is 17.5. The molecule has 1 aliphatic carbocycles. The fraction of sp³-hybridized carbons (Fsp3) is 0.615. The van der Waals surface area contributed by atoms with E-state index in [2.05, 4.69) is 15.0 Å². The normalized spacial score (nSPS) is 15.7. The maximum Gasteiger partial charge on any atom is 0.280 e. The average Bonchev–Trinajstić information content (AvgIpc) is 3.19. The average molecular weight is 592 g/mol. The molecular formula is C26H36ClF2N3O4S2. The Kier molecular flexibility index (Phi) is 9.62. The van der Waals surface area contributed by atoms with E-state index in [0.717, 1.165) is 43.4 Å². The van der Waals surface area contributed by atoms with Gasteiger partial charge in [-0.05, 0) is 53.0 Å². The van der Waals surface area contributed by atoms with Crippen molar-refractivity contribution in [2.45, 2.75) is 95.6 Å². The first kappa shape index (κ1) is 30.9. The summed E-state index contributed by atoms with van der Waals surface area (Å²) in [6, 6.07) is 2.54. The molecule has 0 spiro atoms. The number of nitrogens with zero attached hydrogens (tertiary/aromatic N) is 1. The minimum atomic E-state index is -4.18. The van der Waals surface area contributed by atoms with Crippen LogP contribution in [-0.4, -0.2) is 42.1 Å². The van der Waals surface area contributed by atoms with E-state index < -0.39 is 49.0 Å². The molecule has 38 heavy (non-hydrogen) atoms. The molecule has 1 aromatic heterocycles. The number of carbonyl (C=O) groups excluding carboxylic acids is 1. The predicted octanol–water partition coefficient (Wildman–Crippen LogP) is 6.10. The van der Waals surface area contributed by atoms with E-state index in [1.165, 1.54) is 12.1 Å². The number of aromatic nitrogens is 1. The molecule has 3 N–H and O–H groups in total. The topological polar surface area (TPSA) is 108 Å². The summed E-state index contributed by atoms with van der Waals surface area (Å²) in [6.45, 7) is 8.01. The third-order valence-corrected chi connectivity index (χ3v) is 9.57. The van der Waals surface area contributed by atoms with Crippen LogP contribution in [0, 0.1) is 5.92 Å².